The molecular formula is C38H68N4O3. The third kappa shape index (κ3) is 17.1. The molecule has 1 aromatic rings. The van der Waals surface area contributed by atoms with Gasteiger partial charge in [0.2, 0.25) is 5.91 Å². The third-order valence-corrected chi connectivity index (χ3v) is 8.71. The van der Waals surface area contributed by atoms with Gasteiger partial charge in [-0.05, 0) is 70.6 Å². The van der Waals surface area contributed by atoms with Crippen LogP contribution in [-0.2, 0) is 9.53 Å². The molecule has 0 radical (unpaired) electrons. The van der Waals surface area contributed by atoms with E-state index in [0.717, 1.165) is 51.6 Å². The second kappa shape index (κ2) is 21.3. The van der Waals surface area contributed by atoms with Gasteiger partial charge in [-0.1, -0.05) is 84.0 Å². The molecule has 7 heteroatoms. The number of rotatable bonds is 7. The summed E-state index contributed by atoms with van der Waals surface area (Å²) in [6.07, 6.45) is 6.65. The van der Waals surface area contributed by atoms with Gasteiger partial charge in [-0.25, -0.2) is 4.79 Å². The van der Waals surface area contributed by atoms with Crippen molar-refractivity contribution in [1.82, 2.24) is 19.6 Å². The first-order chi connectivity index (χ1) is 21.2. The summed E-state index contributed by atoms with van der Waals surface area (Å²) in [5.41, 5.74) is 1.27. The zero-order valence-electron chi connectivity index (χ0n) is 30.7. The molecule has 4 rings (SSSR count). The van der Waals surface area contributed by atoms with Gasteiger partial charge in [0.05, 0.1) is 6.61 Å². The van der Waals surface area contributed by atoms with Crippen molar-refractivity contribution >= 4 is 11.9 Å². The lowest BCUT2D eigenvalue weighted by Crippen LogP contribution is -2.38. The fourth-order valence-corrected chi connectivity index (χ4v) is 5.44. The number of carbonyl (C=O) groups is 2. The molecular weight excluding hydrogens is 560 g/mol. The molecule has 3 fully saturated rings. The molecule has 3 atom stereocenters. The van der Waals surface area contributed by atoms with Crippen LogP contribution in [0.15, 0.2) is 48.7 Å². The number of nitrogens with zero attached hydrogens (tertiary/aromatic N) is 4. The van der Waals surface area contributed by atoms with E-state index in [4.69, 9.17) is 4.74 Å². The van der Waals surface area contributed by atoms with Crippen molar-refractivity contribution in [2.45, 2.75) is 113 Å². The number of allylic oxidation sites excluding steroid dienone is 1. The van der Waals surface area contributed by atoms with Crippen molar-refractivity contribution in [2.75, 3.05) is 53.0 Å². The maximum absolute atomic E-state index is 12.1. The average molecular weight is 629 g/mol. The molecule has 7 nitrogen and oxygen atoms in total. The molecule has 3 aliphatic rings. The highest BCUT2D eigenvalue weighted by atomic mass is 16.5. The normalized spacial score (nSPS) is 20.6. The van der Waals surface area contributed by atoms with Crippen molar-refractivity contribution in [3.8, 4) is 0 Å². The lowest BCUT2D eigenvalue weighted by atomic mass is 9.92. The molecule has 45 heavy (non-hydrogen) atoms. The van der Waals surface area contributed by atoms with E-state index in [1.54, 1.807) is 0 Å². The van der Waals surface area contributed by atoms with Crippen molar-refractivity contribution in [3.05, 3.63) is 48.7 Å². The Hall–Kier alpha value is -2.54. The van der Waals surface area contributed by atoms with Gasteiger partial charge < -0.3 is 24.3 Å². The Balaban J connectivity index is 0.000000321. The van der Waals surface area contributed by atoms with E-state index in [0.29, 0.717) is 36.2 Å². The zero-order chi connectivity index (χ0) is 34.0. The molecule has 0 bridgehead atoms. The molecule has 1 aromatic carbocycles. The highest BCUT2D eigenvalue weighted by Gasteiger charge is 2.31. The summed E-state index contributed by atoms with van der Waals surface area (Å²) in [7, 11) is 2.08. The van der Waals surface area contributed by atoms with E-state index < -0.39 is 0 Å². The second-order valence-corrected chi connectivity index (χ2v) is 14.7. The SMILES string of the molecule is C=C(C)N(C)C(C)CC.CC(C)N1CCN(CC2CCCCOC2)C1=O.CC1CCN(C(=O)CC(C)(C)C)C1.c1ccccc1. The molecule has 3 saturated heterocycles. The largest absolute Gasteiger partial charge is 0.381 e. The molecule has 258 valence electrons. The number of amides is 3. The van der Waals surface area contributed by atoms with E-state index in [-0.39, 0.29) is 11.4 Å². The highest BCUT2D eigenvalue weighted by molar-refractivity contribution is 5.77. The summed E-state index contributed by atoms with van der Waals surface area (Å²) in [6, 6.07) is 13.2. The second-order valence-electron chi connectivity index (χ2n) is 14.7. The van der Waals surface area contributed by atoms with E-state index in [2.05, 4.69) is 73.9 Å². The minimum atomic E-state index is 0.128. The van der Waals surface area contributed by atoms with Crippen molar-refractivity contribution < 1.29 is 14.3 Å². The molecule has 0 saturated carbocycles. The van der Waals surface area contributed by atoms with Gasteiger partial charge in [0, 0.05) is 70.6 Å². The van der Waals surface area contributed by atoms with Crippen molar-refractivity contribution in [2.24, 2.45) is 17.3 Å². The van der Waals surface area contributed by atoms with Crippen molar-refractivity contribution in [3.63, 3.8) is 0 Å². The number of ether oxygens (including phenoxy) is 1. The molecule has 3 unspecified atom stereocenters. The van der Waals surface area contributed by atoms with Crippen LogP contribution in [-0.4, -0.2) is 96.6 Å². The van der Waals surface area contributed by atoms with E-state index >= 15 is 0 Å². The first kappa shape index (κ1) is 40.5. The van der Waals surface area contributed by atoms with Crippen LogP contribution in [0.25, 0.3) is 0 Å². The van der Waals surface area contributed by atoms with E-state index in [1.165, 1.54) is 32.1 Å². The van der Waals surface area contributed by atoms with Crippen LogP contribution in [0.1, 0.15) is 101 Å². The predicted octanol–water partition coefficient (Wildman–Crippen LogP) is 8.18. The Bertz CT molecular complexity index is 927. The molecule has 0 aliphatic carbocycles. The number of hydrogen-bond donors (Lipinski definition) is 0. The lowest BCUT2D eigenvalue weighted by molar-refractivity contribution is -0.132. The minimum absolute atomic E-state index is 0.128. The first-order valence-corrected chi connectivity index (χ1v) is 17.5. The Morgan fingerprint density at radius 1 is 1.02 bits per heavy atom. The number of hydrogen-bond acceptors (Lipinski definition) is 4. The van der Waals surface area contributed by atoms with E-state index in [9.17, 15) is 9.59 Å². The van der Waals surface area contributed by atoms with Gasteiger partial charge in [0.15, 0.2) is 0 Å². The Morgan fingerprint density at radius 3 is 2.04 bits per heavy atom. The maximum atomic E-state index is 12.1. The monoisotopic (exact) mass is 629 g/mol. The highest BCUT2D eigenvalue weighted by Crippen LogP contribution is 2.23. The summed E-state index contributed by atoms with van der Waals surface area (Å²) >= 11 is 0. The number of carbonyl (C=O) groups excluding carboxylic acids is 2. The number of benzene rings is 1. The topological polar surface area (TPSA) is 56.3 Å². The van der Waals surface area contributed by atoms with Gasteiger partial charge in [0.25, 0.3) is 0 Å². The van der Waals surface area contributed by atoms with Gasteiger partial charge in [-0.2, -0.15) is 0 Å². The summed E-state index contributed by atoms with van der Waals surface area (Å²) in [6.45, 7) is 29.3. The van der Waals surface area contributed by atoms with Crippen molar-refractivity contribution in [1.29, 1.82) is 0 Å². The van der Waals surface area contributed by atoms with E-state index in [1.807, 2.05) is 58.0 Å². The lowest BCUT2D eigenvalue weighted by Gasteiger charge is -2.25. The third-order valence-electron chi connectivity index (χ3n) is 8.71. The van der Waals surface area contributed by atoms with Gasteiger partial charge in [-0.3, -0.25) is 4.79 Å². The quantitative estimate of drug-likeness (QED) is 0.306. The molecule has 3 amide bonds. The Labute approximate surface area is 277 Å². The summed E-state index contributed by atoms with van der Waals surface area (Å²) in [5.74, 6) is 1.56. The number of urea groups is 1. The van der Waals surface area contributed by atoms with Crippen LogP contribution in [0.2, 0.25) is 0 Å². The number of likely N-dealkylation sites (tertiary alicyclic amines) is 1. The minimum Gasteiger partial charge on any atom is -0.381 e. The first-order valence-electron chi connectivity index (χ1n) is 17.5. The maximum Gasteiger partial charge on any atom is 0.320 e. The van der Waals surface area contributed by atoms with Crippen LogP contribution >= 0.6 is 0 Å². The average Bonchev–Trinajstić information content (AvgIpc) is 3.49. The Kier molecular flexibility index (Phi) is 19.2. The molecule has 0 aromatic heterocycles. The predicted molar refractivity (Wildman–Crippen MR) is 190 cm³/mol. The van der Waals surface area contributed by atoms with Gasteiger partial charge in [-0.15, -0.1) is 0 Å². The van der Waals surface area contributed by atoms with Crippen LogP contribution in [0, 0.1) is 17.3 Å². The molecule has 0 spiro atoms. The molecule has 0 N–H and O–H groups in total. The van der Waals surface area contributed by atoms with Gasteiger partial charge >= 0.3 is 6.03 Å². The van der Waals surface area contributed by atoms with Crippen LogP contribution in [0.5, 0.6) is 0 Å². The Morgan fingerprint density at radius 2 is 1.62 bits per heavy atom. The zero-order valence-corrected chi connectivity index (χ0v) is 30.7. The summed E-state index contributed by atoms with van der Waals surface area (Å²) < 4.78 is 5.58. The standard InChI is InChI=1S/C13H24N2O2.C11H21NO.C8H17N.C6H6/c1-11(2)15-7-6-14(13(15)16)9-12-5-3-4-8-17-10-12;1-9-5-6-12(8-9)10(13)7-11(2,3)4;1-6-8(4)9(5)7(2)3;1-2-4-6-5-3-1/h11-12H,3-10H2,1-2H3;9H,5-8H2,1-4H3;8H,2,6H2,1,3-5H3;1-6H. The molecule has 3 heterocycles. The fraction of sp³-hybridized carbons (Fsp3) is 0.737. The van der Waals surface area contributed by atoms with Crippen LogP contribution in [0.4, 0.5) is 4.79 Å². The summed E-state index contributed by atoms with van der Waals surface area (Å²) in [5, 5.41) is 0. The van der Waals surface area contributed by atoms with Gasteiger partial charge in [0.1, 0.15) is 0 Å². The summed E-state index contributed by atoms with van der Waals surface area (Å²) in [4.78, 5) is 32.0. The fourth-order valence-electron chi connectivity index (χ4n) is 5.44. The molecule has 3 aliphatic heterocycles. The van der Waals surface area contributed by atoms with Crippen LogP contribution in [0.3, 0.4) is 0 Å². The van der Waals surface area contributed by atoms with Crippen LogP contribution < -0.4 is 0 Å². The smallest absolute Gasteiger partial charge is 0.320 e.